The molecule has 2 amide bonds. The van der Waals surface area contributed by atoms with Crippen LogP contribution < -0.4 is 31.6 Å². The third-order valence-electron chi connectivity index (χ3n) is 9.10. The van der Waals surface area contributed by atoms with E-state index in [9.17, 15) is 19.2 Å². The molecule has 2 atom stereocenters. The molecule has 0 unspecified atom stereocenters. The number of amides is 2. The summed E-state index contributed by atoms with van der Waals surface area (Å²) in [7, 11) is 0. The summed E-state index contributed by atoms with van der Waals surface area (Å²) in [5.41, 5.74) is 11.0. The van der Waals surface area contributed by atoms with Gasteiger partial charge in [-0.2, -0.15) is 0 Å². The first kappa shape index (κ1) is 49.7. The van der Waals surface area contributed by atoms with E-state index in [0.29, 0.717) is 36.2 Å². The minimum absolute atomic E-state index is 0.0142. The lowest BCUT2D eigenvalue weighted by atomic mass is 9.97. The molecule has 0 bridgehead atoms. The number of carbonyl (C=O) groups excluding carboxylic acids is 4. The molecule has 18 heteroatoms. The number of amidine groups is 2. The van der Waals surface area contributed by atoms with Crippen molar-refractivity contribution in [2.24, 2.45) is 39.5 Å². The molecule has 1 aliphatic heterocycles. The summed E-state index contributed by atoms with van der Waals surface area (Å²) in [6.45, 7) is 20.8. The molecule has 1 aliphatic rings. The fraction of sp³-hybridized carbons (Fsp3) is 0.581. The second-order valence-electron chi connectivity index (χ2n) is 17.5. The van der Waals surface area contributed by atoms with E-state index >= 15 is 4.39 Å². The maximum Gasteiger partial charge on any atom is 0.408 e. The van der Waals surface area contributed by atoms with Gasteiger partial charge in [0, 0.05) is 18.2 Å². The molecule has 0 radical (unpaired) electrons. The van der Waals surface area contributed by atoms with Crippen molar-refractivity contribution in [3.8, 4) is 11.5 Å². The minimum Gasteiger partial charge on any atom is -0.494 e. The molecule has 2 aromatic carbocycles. The minimum atomic E-state index is -1.07. The largest absolute Gasteiger partial charge is 0.494 e. The molecule has 17 nitrogen and oxygen atoms in total. The van der Waals surface area contributed by atoms with Gasteiger partial charge < -0.3 is 55.6 Å². The number of halogens is 1. The monoisotopic (exact) mass is 857 g/mol. The maximum atomic E-state index is 15.0. The molecular formula is C43H64FN7O10. The molecule has 61 heavy (non-hydrogen) atoms. The van der Waals surface area contributed by atoms with Crippen LogP contribution in [0.1, 0.15) is 99.6 Å². The molecule has 0 spiro atoms. The summed E-state index contributed by atoms with van der Waals surface area (Å²) in [6, 6.07) is 9.06. The van der Waals surface area contributed by atoms with Crippen LogP contribution in [0.2, 0.25) is 0 Å². The van der Waals surface area contributed by atoms with Crippen molar-refractivity contribution in [2.75, 3.05) is 32.8 Å². The second-order valence-corrected chi connectivity index (χ2v) is 17.5. The summed E-state index contributed by atoms with van der Waals surface area (Å²) >= 11 is 0. The molecule has 1 fully saturated rings. The molecule has 1 heterocycles. The first-order valence-electron chi connectivity index (χ1n) is 20.5. The van der Waals surface area contributed by atoms with E-state index in [0.717, 1.165) is 38.9 Å². The zero-order valence-electron chi connectivity index (χ0n) is 37.0. The van der Waals surface area contributed by atoms with Gasteiger partial charge in [0.25, 0.3) is 0 Å². The molecule has 6 N–H and O–H groups in total. The SMILES string of the molecule is CC(C)[C@H](NC(=O)OC(C)(C)C)C(=O)ON=C(N)c1ccc(OCCCN2CCC(COc3ccc(C(N)=NOC(=O)[C@@H](NC(=O)OC(C)(C)C)C(C)C)c(F)c3)CC2)cc1. The molecule has 1 saturated heterocycles. The van der Waals surface area contributed by atoms with Crippen LogP contribution in [0.5, 0.6) is 11.5 Å². The smallest absolute Gasteiger partial charge is 0.408 e. The van der Waals surface area contributed by atoms with Gasteiger partial charge >= 0.3 is 24.1 Å². The predicted octanol–water partition coefficient (Wildman–Crippen LogP) is 5.81. The Balaban J connectivity index is 1.37. The molecule has 0 aliphatic carbocycles. The molecular weight excluding hydrogens is 794 g/mol. The van der Waals surface area contributed by atoms with Crippen LogP contribution in [-0.4, -0.2) is 96.8 Å². The highest BCUT2D eigenvalue weighted by molar-refractivity contribution is 5.98. The van der Waals surface area contributed by atoms with Crippen LogP contribution in [-0.2, 0) is 28.7 Å². The number of hydrogen-bond donors (Lipinski definition) is 4. The van der Waals surface area contributed by atoms with Crippen molar-refractivity contribution in [1.29, 1.82) is 0 Å². The average Bonchev–Trinajstić information content (AvgIpc) is 3.17. The quantitative estimate of drug-likeness (QED) is 0.0457. The Hall–Kier alpha value is -5.65. The van der Waals surface area contributed by atoms with Crippen LogP contribution in [0.3, 0.4) is 0 Å². The van der Waals surface area contributed by atoms with E-state index in [1.165, 1.54) is 12.1 Å². The number of rotatable bonds is 18. The number of alkyl carbamates (subject to hydrolysis) is 2. The fourth-order valence-corrected chi connectivity index (χ4v) is 5.85. The van der Waals surface area contributed by atoms with Crippen LogP contribution in [0, 0.1) is 23.6 Å². The lowest BCUT2D eigenvalue weighted by molar-refractivity contribution is -0.148. The number of likely N-dealkylation sites (tertiary alicyclic amines) is 1. The number of benzene rings is 2. The van der Waals surface area contributed by atoms with Gasteiger partial charge in [-0.25, -0.2) is 23.6 Å². The third kappa shape index (κ3) is 17.8. The van der Waals surface area contributed by atoms with Gasteiger partial charge in [0.15, 0.2) is 11.7 Å². The predicted molar refractivity (Wildman–Crippen MR) is 227 cm³/mol. The van der Waals surface area contributed by atoms with Crippen molar-refractivity contribution in [3.63, 3.8) is 0 Å². The number of hydrogen-bond acceptors (Lipinski definition) is 13. The summed E-state index contributed by atoms with van der Waals surface area (Å²) in [6.07, 6.45) is 1.13. The van der Waals surface area contributed by atoms with Gasteiger partial charge in [0.2, 0.25) is 0 Å². The molecule has 3 rings (SSSR count). The lowest BCUT2D eigenvalue weighted by Crippen LogP contribution is -2.46. The lowest BCUT2D eigenvalue weighted by Gasteiger charge is -2.31. The zero-order chi connectivity index (χ0) is 45.5. The zero-order valence-corrected chi connectivity index (χ0v) is 37.0. The Bertz CT molecular complexity index is 1830. The highest BCUT2D eigenvalue weighted by atomic mass is 19.1. The van der Waals surface area contributed by atoms with Crippen molar-refractivity contribution < 1.29 is 52.2 Å². The van der Waals surface area contributed by atoms with E-state index in [1.807, 2.05) is 0 Å². The normalized spacial score (nSPS) is 15.4. The number of nitrogens with zero attached hydrogens (tertiary/aromatic N) is 3. The topological polar surface area (TPSA) is 228 Å². The van der Waals surface area contributed by atoms with Crippen LogP contribution in [0.4, 0.5) is 14.0 Å². The Morgan fingerprint density at radius 2 is 1.25 bits per heavy atom. The van der Waals surface area contributed by atoms with E-state index in [4.69, 9.17) is 40.1 Å². The highest BCUT2D eigenvalue weighted by Gasteiger charge is 2.30. The standard InChI is InChI=1S/C43H64FN7O10/c1-26(2)34(47-40(54)58-42(5,6)7)38(52)60-49-36(45)29-12-14-30(15-13-29)56-23-11-20-51-21-18-28(19-22-51)25-57-31-16-17-32(33(44)24-31)37(46)50-61-39(53)35(27(3)4)48-41(55)59-43(8,9)10/h12-17,24,26-28,34-35H,11,18-23,25H2,1-10H3,(H2,45,49)(H2,46,50)(H,47,54)(H,48,55)/t34-,35-/m0/s1. The number of nitrogens with one attached hydrogen (secondary N) is 2. The van der Waals surface area contributed by atoms with Gasteiger partial charge in [-0.3, -0.25) is 0 Å². The van der Waals surface area contributed by atoms with Gasteiger partial charge in [0.1, 0.15) is 40.6 Å². The Morgan fingerprint density at radius 3 is 1.72 bits per heavy atom. The van der Waals surface area contributed by atoms with Crippen molar-refractivity contribution in [1.82, 2.24) is 15.5 Å². The number of oxime groups is 2. The molecule has 338 valence electrons. The number of ether oxygens (including phenoxy) is 4. The Kier molecular flexibility index (Phi) is 18.6. The van der Waals surface area contributed by atoms with E-state index in [-0.39, 0.29) is 29.1 Å². The summed E-state index contributed by atoms with van der Waals surface area (Å²) < 4.78 is 37.3. The van der Waals surface area contributed by atoms with Crippen molar-refractivity contribution in [2.45, 2.75) is 112 Å². The van der Waals surface area contributed by atoms with Crippen LogP contribution in [0.25, 0.3) is 0 Å². The molecule has 0 aromatic heterocycles. The van der Waals surface area contributed by atoms with Crippen molar-refractivity contribution in [3.05, 3.63) is 59.4 Å². The number of nitrogens with two attached hydrogens (primary N) is 2. The maximum absolute atomic E-state index is 15.0. The van der Waals surface area contributed by atoms with Crippen LogP contribution >= 0.6 is 0 Å². The molecule has 2 aromatic rings. The number of piperidine rings is 1. The number of carbonyl (C=O) groups is 4. The van der Waals surface area contributed by atoms with Gasteiger partial charge in [-0.1, -0.05) is 38.0 Å². The summed E-state index contributed by atoms with van der Waals surface area (Å²) in [4.78, 5) is 62.0. The first-order valence-corrected chi connectivity index (χ1v) is 20.5. The van der Waals surface area contributed by atoms with E-state index < -0.39 is 53.2 Å². The second kappa shape index (κ2) is 22.8. The Morgan fingerprint density at radius 1 is 0.754 bits per heavy atom. The van der Waals surface area contributed by atoms with Gasteiger partial charge in [-0.15, -0.1) is 0 Å². The van der Waals surface area contributed by atoms with E-state index in [2.05, 4.69) is 25.8 Å². The molecule has 0 saturated carbocycles. The van der Waals surface area contributed by atoms with Crippen molar-refractivity contribution >= 4 is 35.8 Å². The van der Waals surface area contributed by atoms with Gasteiger partial charge in [0.05, 0.1) is 18.8 Å². The van der Waals surface area contributed by atoms with Gasteiger partial charge in [-0.05, 0) is 128 Å². The highest BCUT2D eigenvalue weighted by Crippen LogP contribution is 2.22. The summed E-state index contributed by atoms with van der Waals surface area (Å²) in [5.74, 6) is -2.06. The van der Waals surface area contributed by atoms with Crippen LogP contribution in [0.15, 0.2) is 52.8 Å². The average molecular weight is 858 g/mol. The third-order valence-corrected chi connectivity index (χ3v) is 9.10. The van der Waals surface area contributed by atoms with E-state index in [1.54, 1.807) is 99.6 Å². The first-order chi connectivity index (χ1) is 28.5. The fourth-order valence-electron chi connectivity index (χ4n) is 5.85. The summed E-state index contributed by atoms with van der Waals surface area (Å²) in [5, 5.41) is 12.4. The Labute approximate surface area is 358 Å².